The average molecular weight is 646 g/mol. The van der Waals surface area contributed by atoms with Gasteiger partial charge in [0.25, 0.3) is 11.6 Å². The summed E-state index contributed by atoms with van der Waals surface area (Å²) in [6.07, 6.45) is 13.7. The Labute approximate surface area is 241 Å². The van der Waals surface area contributed by atoms with Crippen LogP contribution in [0.25, 0.3) is 6.08 Å². The second kappa shape index (κ2) is 12.6. The number of carbonyl (C=O) groups excluding carboxylic acids is 1. The number of rotatable bonds is 7. The maximum atomic E-state index is 13.6. The normalized spacial score (nSPS) is 21.4. The van der Waals surface area contributed by atoms with Crippen LogP contribution in [0.5, 0.6) is 5.75 Å². The van der Waals surface area contributed by atoms with E-state index in [1.54, 1.807) is 12.1 Å². The maximum absolute atomic E-state index is 13.6. The van der Waals surface area contributed by atoms with E-state index in [0.29, 0.717) is 12.6 Å². The van der Waals surface area contributed by atoms with E-state index in [4.69, 9.17) is 9.73 Å². The number of nitro groups is 1. The van der Waals surface area contributed by atoms with E-state index in [-0.39, 0.29) is 17.6 Å². The highest BCUT2D eigenvalue weighted by molar-refractivity contribution is 14.1. The van der Waals surface area contributed by atoms with E-state index in [2.05, 4.69) is 22.6 Å². The lowest BCUT2D eigenvalue weighted by Gasteiger charge is -2.31. The Kier molecular flexibility index (Phi) is 9.04. The second-order valence-electron chi connectivity index (χ2n) is 10.2. The quantitative estimate of drug-likeness (QED) is 0.133. The third-order valence-corrected chi connectivity index (χ3v) is 9.28. The van der Waals surface area contributed by atoms with Gasteiger partial charge in [-0.2, -0.15) is 0 Å². The number of benzene rings is 2. The highest BCUT2D eigenvalue weighted by atomic mass is 127. The van der Waals surface area contributed by atoms with Crippen molar-refractivity contribution in [3.05, 3.63) is 72.2 Å². The Hall–Kier alpha value is -2.40. The standard InChI is InChI=1S/C29H32IN3O4S/c30-25-17-21(13-16-26(25)37-19-20-11-14-24(15-12-20)33(35)36)18-27-28(34)32(23-9-5-2-6-10-23)29(38-27)31-22-7-3-1-4-8-22/h11-18,22-23H,1-10,19H2. The zero-order valence-corrected chi connectivity index (χ0v) is 24.3. The van der Waals surface area contributed by atoms with Gasteiger partial charge in [-0.05, 0) is 102 Å². The monoisotopic (exact) mass is 645 g/mol. The number of nitrogens with zero attached hydrogens (tertiary/aromatic N) is 3. The number of ether oxygens (including phenoxy) is 1. The summed E-state index contributed by atoms with van der Waals surface area (Å²) >= 11 is 3.78. The molecule has 0 atom stereocenters. The summed E-state index contributed by atoms with van der Waals surface area (Å²) in [7, 11) is 0. The minimum atomic E-state index is -0.409. The summed E-state index contributed by atoms with van der Waals surface area (Å²) in [6, 6.07) is 12.9. The lowest BCUT2D eigenvalue weighted by molar-refractivity contribution is -0.384. The van der Waals surface area contributed by atoms with E-state index in [1.165, 1.54) is 62.4 Å². The Bertz CT molecular complexity index is 1230. The lowest BCUT2D eigenvalue weighted by Crippen LogP contribution is -2.41. The lowest BCUT2D eigenvalue weighted by atomic mass is 9.94. The molecule has 0 spiro atoms. The minimum absolute atomic E-state index is 0.0639. The first-order valence-corrected chi connectivity index (χ1v) is 15.3. The molecule has 0 radical (unpaired) electrons. The molecule has 38 heavy (non-hydrogen) atoms. The number of aliphatic imine (C=N–C) groups is 1. The molecule has 0 N–H and O–H groups in total. The van der Waals surface area contributed by atoms with Crippen LogP contribution >= 0.6 is 34.4 Å². The fourth-order valence-electron chi connectivity index (χ4n) is 5.35. The van der Waals surface area contributed by atoms with Crippen LogP contribution in [0.15, 0.2) is 52.4 Å². The van der Waals surface area contributed by atoms with Crippen molar-refractivity contribution in [2.75, 3.05) is 0 Å². The number of hydrogen-bond donors (Lipinski definition) is 0. The second-order valence-corrected chi connectivity index (χ2v) is 12.4. The number of halogens is 1. The van der Waals surface area contributed by atoms with Crippen molar-refractivity contribution in [1.82, 2.24) is 4.90 Å². The summed E-state index contributed by atoms with van der Waals surface area (Å²) < 4.78 is 6.91. The van der Waals surface area contributed by atoms with Crippen LogP contribution in [0.1, 0.15) is 75.3 Å². The van der Waals surface area contributed by atoms with Gasteiger partial charge in [0.05, 0.1) is 19.4 Å². The van der Waals surface area contributed by atoms with Gasteiger partial charge >= 0.3 is 0 Å². The van der Waals surface area contributed by atoms with Crippen molar-refractivity contribution < 1.29 is 14.5 Å². The summed E-state index contributed by atoms with van der Waals surface area (Å²) in [5.74, 6) is 0.824. The summed E-state index contributed by atoms with van der Waals surface area (Å²) in [5.41, 5.74) is 1.88. The zero-order valence-electron chi connectivity index (χ0n) is 21.3. The molecule has 2 aliphatic carbocycles. The molecule has 5 rings (SSSR count). The van der Waals surface area contributed by atoms with Gasteiger partial charge in [0, 0.05) is 18.2 Å². The highest BCUT2D eigenvalue weighted by Crippen LogP contribution is 2.39. The van der Waals surface area contributed by atoms with Crippen molar-refractivity contribution in [2.24, 2.45) is 4.99 Å². The Morgan fingerprint density at radius 3 is 2.37 bits per heavy atom. The van der Waals surface area contributed by atoms with Crippen molar-refractivity contribution in [2.45, 2.75) is 82.9 Å². The summed E-state index contributed by atoms with van der Waals surface area (Å²) in [6.45, 7) is 0.320. The molecule has 2 aromatic rings. The molecule has 3 aliphatic rings. The number of amidine groups is 1. The van der Waals surface area contributed by atoms with Gasteiger partial charge in [-0.15, -0.1) is 0 Å². The first-order valence-electron chi connectivity index (χ1n) is 13.4. The minimum Gasteiger partial charge on any atom is -0.488 e. The van der Waals surface area contributed by atoms with Crippen molar-refractivity contribution in [1.29, 1.82) is 0 Å². The number of non-ortho nitro benzene ring substituents is 1. The number of thioether (sulfide) groups is 1. The number of hydrogen-bond acceptors (Lipinski definition) is 6. The Morgan fingerprint density at radius 1 is 1.03 bits per heavy atom. The van der Waals surface area contributed by atoms with Gasteiger partial charge in [0.2, 0.25) is 0 Å². The molecule has 1 saturated heterocycles. The van der Waals surface area contributed by atoms with E-state index in [9.17, 15) is 14.9 Å². The third kappa shape index (κ3) is 6.59. The van der Waals surface area contributed by atoms with Crippen LogP contribution in [0.3, 0.4) is 0 Å². The first-order chi connectivity index (χ1) is 18.5. The predicted octanol–water partition coefficient (Wildman–Crippen LogP) is 7.72. The molecule has 1 amide bonds. The highest BCUT2D eigenvalue weighted by Gasteiger charge is 2.39. The topological polar surface area (TPSA) is 85.0 Å². The molecule has 1 heterocycles. The molecule has 0 bridgehead atoms. The van der Waals surface area contributed by atoms with Crippen molar-refractivity contribution in [3.63, 3.8) is 0 Å². The Morgan fingerprint density at radius 2 is 1.71 bits per heavy atom. The van der Waals surface area contributed by atoms with E-state index in [0.717, 1.165) is 56.2 Å². The van der Waals surface area contributed by atoms with Gasteiger partial charge in [-0.25, -0.2) is 0 Å². The van der Waals surface area contributed by atoms with Gasteiger partial charge in [-0.1, -0.05) is 44.6 Å². The van der Waals surface area contributed by atoms with Crippen LogP contribution in [-0.4, -0.2) is 33.0 Å². The molecule has 0 aromatic heterocycles. The predicted molar refractivity (Wildman–Crippen MR) is 160 cm³/mol. The van der Waals surface area contributed by atoms with Gasteiger partial charge in [-0.3, -0.25) is 24.8 Å². The largest absolute Gasteiger partial charge is 0.488 e. The molecule has 3 fully saturated rings. The molecule has 7 nitrogen and oxygen atoms in total. The van der Waals surface area contributed by atoms with E-state index in [1.807, 2.05) is 29.2 Å². The fraction of sp³-hybridized carbons (Fsp3) is 0.448. The SMILES string of the molecule is O=C1C(=Cc2ccc(OCc3ccc([N+](=O)[O-])cc3)c(I)c2)SC(=NC2CCCCC2)N1C1CCCCC1. The van der Waals surface area contributed by atoms with Gasteiger partial charge < -0.3 is 4.74 Å². The van der Waals surface area contributed by atoms with Crippen molar-refractivity contribution in [3.8, 4) is 5.75 Å². The van der Waals surface area contributed by atoms with Crippen LogP contribution in [0.4, 0.5) is 5.69 Å². The summed E-state index contributed by atoms with van der Waals surface area (Å²) in [4.78, 5) is 31.9. The molecule has 0 unspecified atom stereocenters. The Balaban J connectivity index is 1.31. The molecular formula is C29H32IN3O4S. The van der Waals surface area contributed by atoms with E-state index >= 15 is 0 Å². The average Bonchev–Trinajstić information content (AvgIpc) is 3.23. The maximum Gasteiger partial charge on any atom is 0.269 e. The number of amides is 1. The van der Waals surface area contributed by atoms with Crippen LogP contribution in [0.2, 0.25) is 0 Å². The number of nitro benzene ring substituents is 1. The zero-order chi connectivity index (χ0) is 26.5. The molecule has 2 saturated carbocycles. The third-order valence-electron chi connectivity index (χ3n) is 7.44. The van der Waals surface area contributed by atoms with E-state index < -0.39 is 4.92 Å². The van der Waals surface area contributed by atoms with Crippen molar-refractivity contribution >= 4 is 57.2 Å². The molecular weight excluding hydrogens is 613 g/mol. The molecule has 1 aliphatic heterocycles. The molecule has 9 heteroatoms. The smallest absolute Gasteiger partial charge is 0.269 e. The molecule has 200 valence electrons. The van der Waals surface area contributed by atoms with Crippen LogP contribution in [0, 0.1) is 13.7 Å². The number of carbonyl (C=O) groups is 1. The molecule has 2 aromatic carbocycles. The van der Waals surface area contributed by atoms with Crippen LogP contribution < -0.4 is 4.74 Å². The van der Waals surface area contributed by atoms with Crippen LogP contribution in [-0.2, 0) is 11.4 Å². The fourth-order valence-corrected chi connectivity index (χ4v) is 7.16. The summed E-state index contributed by atoms with van der Waals surface area (Å²) in [5, 5.41) is 11.8. The van der Waals surface area contributed by atoms with Gasteiger partial charge in [0.15, 0.2) is 5.17 Å². The first kappa shape index (κ1) is 27.2. The van der Waals surface area contributed by atoms with Gasteiger partial charge in [0.1, 0.15) is 12.4 Å².